The van der Waals surface area contributed by atoms with Gasteiger partial charge in [-0.15, -0.1) is 0 Å². The second kappa shape index (κ2) is 8.02. The quantitative estimate of drug-likeness (QED) is 0.594. The normalized spacial score (nSPS) is 13.2. The van der Waals surface area contributed by atoms with Crippen molar-refractivity contribution < 1.29 is 14.3 Å². The summed E-state index contributed by atoms with van der Waals surface area (Å²) in [7, 11) is 0. The first-order valence-corrected chi connectivity index (χ1v) is 9.90. The van der Waals surface area contributed by atoms with Gasteiger partial charge in [0.2, 0.25) is 0 Å². The van der Waals surface area contributed by atoms with Crippen LogP contribution in [0.1, 0.15) is 23.2 Å². The number of benzene rings is 3. The standard InChI is InChI=1S/C22H19BrN2O3/c23-16-5-7-18(8-6-16)25-22(27)19-11-14-3-1-2-4-15(14)12-20(19)28-13-21(26)24-17-9-10-17/h1-8,11-12,17H,9-10,13H2,(H,24,26)(H,25,27). The van der Waals surface area contributed by atoms with E-state index in [1.54, 1.807) is 12.1 Å². The Morgan fingerprint density at radius 2 is 1.68 bits per heavy atom. The summed E-state index contributed by atoms with van der Waals surface area (Å²) in [6, 6.07) is 18.9. The van der Waals surface area contributed by atoms with Crippen LogP contribution in [0.15, 0.2) is 65.1 Å². The number of halogens is 1. The number of carbonyl (C=O) groups is 2. The molecule has 1 saturated carbocycles. The third-order valence-electron chi connectivity index (χ3n) is 4.50. The molecule has 0 aromatic heterocycles. The number of anilines is 1. The Morgan fingerprint density at radius 3 is 2.36 bits per heavy atom. The molecule has 0 unspecified atom stereocenters. The Labute approximate surface area is 171 Å². The molecule has 0 bridgehead atoms. The van der Waals surface area contributed by atoms with Crippen LogP contribution in [0.4, 0.5) is 5.69 Å². The average molecular weight is 439 g/mol. The summed E-state index contributed by atoms with van der Waals surface area (Å²) < 4.78 is 6.67. The van der Waals surface area contributed by atoms with Crippen LogP contribution in [0.5, 0.6) is 5.75 Å². The van der Waals surface area contributed by atoms with Gasteiger partial charge in [-0.1, -0.05) is 40.2 Å². The van der Waals surface area contributed by atoms with Crippen molar-refractivity contribution in [3.63, 3.8) is 0 Å². The molecule has 4 rings (SSSR count). The van der Waals surface area contributed by atoms with E-state index in [1.807, 2.05) is 48.5 Å². The highest BCUT2D eigenvalue weighted by atomic mass is 79.9. The SMILES string of the molecule is O=C(COc1cc2ccccc2cc1C(=O)Nc1ccc(Br)cc1)NC1CC1. The first kappa shape index (κ1) is 18.5. The summed E-state index contributed by atoms with van der Waals surface area (Å²) in [6.07, 6.45) is 2.03. The van der Waals surface area contributed by atoms with Gasteiger partial charge in [0, 0.05) is 16.2 Å². The third-order valence-corrected chi connectivity index (χ3v) is 5.02. The summed E-state index contributed by atoms with van der Waals surface area (Å²) in [5.41, 5.74) is 1.07. The van der Waals surface area contributed by atoms with Gasteiger partial charge < -0.3 is 15.4 Å². The van der Waals surface area contributed by atoms with Gasteiger partial charge in [-0.05, 0) is 60.0 Å². The van der Waals surface area contributed by atoms with Crippen LogP contribution >= 0.6 is 15.9 Å². The molecule has 0 spiro atoms. The van der Waals surface area contributed by atoms with E-state index in [2.05, 4.69) is 26.6 Å². The molecule has 3 aromatic carbocycles. The fraction of sp³-hybridized carbons (Fsp3) is 0.182. The van der Waals surface area contributed by atoms with Crippen molar-refractivity contribution in [2.75, 3.05) is 11.9 Å². The van der Waals surface area contributed by atoms with E-state index in [9.17, 15) is 9.59 Å². The predicted octanol–water partition coefficient (Wildman–Crippen LogP) is 4.51. The van der Waals surface area contributed by atoms with Crippen molar-refractivity contribution in [2.45, 2.75) is 18.9 Å². The maximum atomic E-state index is 12.9. The second-order valence-electron chi connectivity index (χ2n) is 6.79. The molecule has 1 fully saturated rings. The smallest absolute Gasteiger partial charge is 0.259 e. The number of carbonyl (C=O) groups excluding carboxylic acids is 2. The fourth-order valence-electron chi connectivity index (χ4n) is 2.89. The molecule has 142 valence electrons. The van der Waals surface area contributed by atoms with Crippen molar-refractivity contribution in [2.24, 2.45) is 0 Å². The van der Waals surface area contributed by atoms with Gasteiger partial charge in [-0.2, -0.15) is 0 Å². The van der Waals surface area contributed by atoms with E-state index in [4.69, 9.17) is 4.74 Å². The van der Waals surface area contributed by atoms with Crippen molar-refractivity contribution >= 4 is 44.2 Å². The van der Waals surface area contributed by atoms with Crippen LogP contribution in [0.3, 0.4) is 0 Å². The molecule has 1 aliphatic rings. The number of rotatable bonds is 6. The van der Waals surface area contributed by atoms with Crippen molar-refractivity contribution in [1.82, 2.24) is 5.32 Å². The Bertz CT molecular complexity index is 1030. The Morgan fingerprint density at radius 1 is 1.00 bits per heavy atom. The van der Waals surface area contributed by atoms with E-state index >= 15 is 0 Å². The summed E-state index contributed by atoms with van der Waals surface area (Å²) >= 11 is 3.38. The summed E-state index contributed by atoms with van der Waals surface area (Å²) in [5, 5.41) is 7.64. The van der Waals surface area contributed by atoms with Crippen LogP contribution in [-0.4, -0.2) is 24.5 Å². The monoisotopic (exact) mass is 438 g/mol. The van der Waals surface area contributed by atoms with Crippen molar-refractivity contribution in [3.05, 3.63) is 70.7 Å². The van der Waals surface area contributed by atoms with Crippen LogP contribution in [0, 0.1) is 0 Å². The van der Waals surface area contributed by atoms with Gasteiger partial charge in [0.25, 0.3) is 11.8 Å². The minimum Gasteiger partial charge on any atom is -0.483 e. The largest absolute Gasteiger partial charge is 0.483 e. The molecule has 5 nitrogen and oxygen atoms in total. The molecule has 2 N–H and O–H groups in total. The number of fused-ring (bicyclic) bond motifs is 1. The first-order valence-electron chi connectivity index (χ1n) is 9.10. The first-order chi connectivity index (χ1) is 13.6. The van der Waals surface area contributed by atoms with E-state index in [0.29, 0.717) is 17.0 Å². The lowest BCUT2D eigenvalue weighted by molar-refractivity contribution is -0.123. The predicted molar refractivity (Wildman–Crippen MR) is 113 cm³/mol. The number of hydrogen-bond acceptors (Lipinski definition) is 3. The minimum absolute atomic E-state index is 0.118. The number of nitrogens with one attached hydrogen (secondary N) is 2. The van der Waals surface area contributed by atoms with E-state index in [-0.39, 0.29) is 24.5 Å². The van der Waals surface area contributed by atoms with Crippen molar-refractivity contribution in [3.8, 4) is 5.75 Å². The number of amides is 2. The molecule has 1 aliphatic carbocycles. The molecule has 2 amide bonds. The van der Waals surface area contributed by atoms with Crippen LogP contribution in [0.25, 0.3) is 10.8 Å². The number of ether oxygens (including phenoxy) is 1. The maximum Gasteiger partial charge on any atom is 0.259 e. The molecule has 0 heterocycles. The van der Waals surface area contributed by atoms with E-state index in [1.165, 1.54) is 0 Å². The van der Waals surface area contributed by atoms with Gasteiger partial charge in [0.1, 0.15) is 5.75 Å². The van der Waals surface area contributed by atoms with Gasteiger partial charge in [0.05, 0.1) is 5.56 Å². The third kappa shape index (κ3) is 4.51. The maximum absolute atomic E-state index is 12.9. The lowest BCUT2D eigenvalue weighted by Gasteiger charge is -2.13. The van der Waals surface area contributed by atoms with Gasteiger partial charge in [-0.25, -0.2) is 0 Å². The highest BCUT2D eigenvalue weighted by Crippen LogP contribution is 2.27. The highest BCUT2D eigenvalue weighted by Gasteiger charge is 2.23. The molecule has 6 heteroatoms. The summed E-state index contributed by atoms with van der Waals surface area (Å²) in [5.74, 6) is -0.0696. The molecule has 3 aromatic rings. The zero-order valence-corrected chi connectivity index (χ0v) is 16.7. The average Bonchev–Trinajstić information content (AvgIpc) is 3.51. The fourth-order valence-corrected chi connectivity index (χ4v) is 3.15. The topological polar surface area (TPSA) is 67.4 Å². The summed E-state index contributed by atoms with van der Waals surface area (Å²) in [6.45, 7) is -0.118. The molecular weight excluding hydrogens is 420 g/mol. The van der Waals surface area contributed by atoms with E-state index < -0.39 is 0 Å². The number of hydrogen-bond donors (Lipinski definition) is 2. The van der Waals surface area contributed by atoms with Gasteiger partial charge in [-0.3, -0.25) is 9.59 Å². The minimum atomic E-state index is -0.286. The molecule has 0 radical (unpaired) electrons. The van der Waals surface area contributed by atoms with Crippen LogP contribution < -0.4 is 15.4 Å². The molecular formula is C22H19BrN2O3. The Kier molecular flexibility index (Phi) is 5.30. The molecule has 28 heavy (non-hydrogen) atoms. The van der Waals surface area contributed by atoms with Crippen molar-refractivity contribution in [1.29, 1.82) is 0 Å². The zero-order valence-electron chi connectivity index (χ0n) is 15.1. The summed E-state index contributed by atoms with van der Waals surface area (Å²) in [4.78, 5) is 24.9. The lowest BCUT2D eigenvalue weighted by atomic mass is 10.1. The zero-order chi connectivity index (χ0) is 19.5. The van der Waals surface area contributed by atoms with Crippen LogP contribution in [-0.2, 0) is 4.79 Å². The molecule has 0 atom stereocenters. The van der Waals surface area contributed by atoms with Crippen LogP contribution in [0.2, 0.25) is 0 Å². The Balaban J connectivity index is 1.59. The lowest BCUT2D eigenvalue weighted by Crippen LogP contribution is -2.30. The highest BCUT2D eigenvalue weighted by molar-refractivity contribution is 9.10. The Hall–Kier alpha value is -2.86. The molecule has 0 aliphatic heterocycles. The molecule has 0 saturated heterocycles. The second-order valence-corrected chi connectivity index (χ2v) is 7.70. The van der Waals surface area contributed by atoms with Gasteiger partial charge in [0.15, 0.2) is 6.61 Å². The van der Waals surface area contributed by atoms with E-state index in [0.717, 1.165) is 28.1 Å². The van der Waals surface area contributed by atoms with Gasteiger partial charge >= 0.3 is 0 Å².